The molecule has 0 saturated heterocycles. The lowest BCUT2D eigenvalue weighted by Gasteiger charge is -2.33. The van der Waals surface area contributed by atoms with Gasteiger partial charge < -0.3 is 10.2 Å². The van der Waals surface area contributed by atoms with Crippen molar-refractivity contribution in [3.8, 4) is 0 Å². The van der Waals surface area contributed by atoms with Gasteiger partial charge in [-0.3, -0.25) is 13.9 Å². The third-order valence-corrected chi connectivity index (χ3v) is 6.90. The van der Waals surface area contributed by atoms with E-state index in [1.54, 1.807) is 24.3 Å². The lowest BCUT2D eigenvalue weighted by Crippen LogP contribution is -2.52. The molecule has 34 heavy (non-hydrogen) atoms. The number of nitrogens with zero attached hydrogens (tertiary/aromatic N) is 2. The summed E-state index contributed by atoms with van der Waals surface area (Å²) < 4.78 is 26.2. The Morgan fingerprint density at radius 1 is 1.09 bits per heavy atom. The largest absolute Gasteiger partial charge is 0.354 e. The van der Waals surface area contributed by atoms with Gasteiger partial charge in [-0.1, -0.05) is 73.8 Å². The number of unbranched alkanes of at least 4 members (excludes halogenated alkanes) is 1. The fraction of sp³-hybridized carbons (Fsp3) is 0.440. The maximum atomic E-state index is 13.6. The van der Waals surface area contributed by atoms with Gasteiger partial charge >= 0.3 is 0 Å². The molecule has 1 N–H and O–H groups in total. The summed E-state index contributed by atoms with van der Waals surface area (Å²) in [7, 11) is -3.82. The molecule has 186 valence electrons. The number of carbonyl (C=O) groups excluding carboxylic acids is 2. The summed E-state index contributed by atoms with van der Waals surface area (Å²) in [5.41, 5.74) is 2.10. The first kappa shape index (κ1) is 27.7. The molecule has 0 aliphatic rings. The van der Waals surface area contributed by atoms with Gasteiger partial charge in [0.05, 0.1) is 17.0 Å². The molecular weight excluding hydrogens is 474 g/mol. The zero-order chi connectivity index (χ0) is 25.3. The number of hydrogen-bond donors (Lipinski definition) is 1. The van der Waals surface area contributed by atoms with E-state index < -0.39 is 28.5 Å². The molecule has 0 spiro atoms. The summed E-state index contributed by atoms with van der Waals surface area (Å²) in [6.45, 7) is 6.06. The van der Waals surface area contributed by atoms with E-state index in [9.17, 15) is 18.0 Å². The molecule has 0 aromatic heterocycles. The number of aryl methyl sites for hydroxylation is 1. The summed E-state index contributed by atoms with van der Waals surface area (Å²) in [5, 5.41) is 3.12. The quantitative estimate of drug-likeness (QED) is 0.437. The number of sulfonamides is 1. The zero-order valence-electron chi connectivity index (χ0n) is 20.3. The van der Waals surface area contributed by atoms with Crippen LogP contribution in [0.1, 0.15) is 44.2 Å². The number of halogens is 1. The predicted octanol–water partition coefficient (Wildman–Crippen LogP) is 4.14. The zero-order valence-corrected chi connectivity index (χ0v) is 21.8. The second-order valence-electron chi connectivity index (χ2n) is 8.30. The molecule has 0 saturated carbocycles. The Kier molecular flexibility index (Phi) is 10.4. The number of benzene rings is 2. The van der Waals surface area contributed by atoms with Crippen molar-refractivity contribution in [3.63, 3.8) is 0 Å². The summed E-state index contributed by atoms with van der Waals surface area (Å²) in [5.74, 6) is -0.732. The maximum Gasteiger partial charge on any atom is 0.244 e. The van der Waals surface area contributed by atoms with Crippen LogP contribution in [0.15, 0.2) is 48.5 Å². The van der Waals surface area contributed by atoms with E-state index in [4.69, 9.17) is 11.6 Å². The van der Waals surface area contributed by atoms with Crippen LogP contribution in [0.25, 0.3) is 0 Å². The minimum atomic E-state index is -3.82. The fourth-order valence-corrected chi connectivity index (χ4v) is 4.83. The predicted molar refractivity (Wildman–Crippen MR) is 137 cm³/mol. The van der Waals surface area contributed by atoms with Gasteiger partial charge in [-0.15, -0.1) is 0 Å². The number of amides is 2. The molecule has 7 nitrogen and oxygen atoms in total. The molecule has 1 atom stereocenters. The summed E-state index contributed by atoms with van der Waals surface area (Å²) >= 11 is 6.25. The van der Waals surface area contributed by atoms with Gasteiger partial charge in [-0.25, -0.2) is 8.42 Å². The third-order valence-electron chi connectivity index (χ3n) is 5.45. The highest BCUT2D eigenvalue weighted by atomic mass is 35.5. The van der Waals surface area contributed by atoms with Crippen molar-refractivity contribution >= 4 is 39.1 Å². The van der Waals surface area contributed by atoms with E-state index >= 15 is 0 Å². The van der Waals surface area contributed by atoms with E-state index in [2.05, 4.69) is 5.32 Å². The van der Waals surface area contributed by atoms with Crippen LogP contribution in [-0.2, 0) is 26.2 Å². The summed E-state index contributed by atoms with van der Waals surface area (Å²) in [4.78, 5) is 28.1. The molecule has 0 aliphatic carbocycles. The van der Waals surface area contributed by atoms with Crippen molar-refractivity contribution in [2.75, 3.05) is 23.7 Å². The van der Waals surface area contributed by atoms with Crippen molar-refractivity contribution in [1.82, 2.24) is 10.2 Å². The van der Waals surface area contributed by atoms with Gasteiger partial charge in [0.2, 0.25) is 21.8 Å². The second kappa shape index (κ2) is 12.8. The van der Waals surface area contributed by atoms with Crippen molar-refractivity contribution < 1.29 is 18.0 Å². The van der Waals surface area contributed by atoms with Crippen LogP contribution in [-0.4, -0.2) is 50.5 Å². The number of anilines is 1. The van der Waals surface area contributed by atoms with Crippen LogP contribution < -0.4 is 9.62 Å². The molecule has 2 aromatic rings. The molecule has 0 radical (unpaired) electrons. The molecule has 0 aliphatic heterocycles. The molecule has 2 aromatic carbocycles. The number of hydrogen-bond acceptors (Lipinski definition) is 4. The van der Waals surface area contributed by atoms with Gasteiger partial charge in [0.15, 0.2) is 0 Å². The Morgan fingerprint density at radius 3 is 2.38 bits per heavy atom. The molecule has 9 heteroatoms. The van der Waals surface area contributed by atoms with Crippen LogP contribution in [0.2, 0.25) is 5.02 Å². The van der Waals surface area contributed by atoms with E-state index in [0.29, 0.717) is 13.0 Å². The lowest BCUT2D eigenvalue weighted by atomic mass is 10.1. The monoisotopic (exact) mass is 507 g/mol. The molecular formula is C25H34ClN3O4S. The highest BCUT2D eigenvalue weighted by Crippen LogP contribution is 2.27. The molecule has 0 fully saturated rings. The number of rotatable bonds is 12. The third kappa shape index (κ3) is 7.74. The van der Waals surface area contributed by atoms with Crippen LogP contribution in [0.5, 0.6) is 0 Å². The van der Waals surface area contributed by atoms with E-state index in [1.807, 2.05) is 45.0 Å². The van der Waals surface area contributed by atoms with Crippen molar-refractivity contribution in [2.24, 2.45) is 0 Å². The van der Waals surface area contributed by atoms with Crippen LogP contribution in [0, 0.1) is 6.92 Å². The average Bonchev–Trinajstić information content (AvgIpc) is 2.77. The van der Waals surface area contributed by atoms with Crippen LogP contribution in [0.3, 0.4) is 0 Å². The van der Waals surface area contributed by atoms with E-state index in [-0.39, 0.29) is 23.2 Å². The summed E-state index contributed by atoms with van der Waals surface area (Å²) in [6.07, 6.45) is 3.19. The maximum absolute atomic E-state index is 13.6. The van der Waals surface area contributed by atoms with Crippen molar-refractivity contribution in [3.05, 3.63) is 64.7 Å². The first-order valence-corrected chi connectivity index (χ1v) is 13.7. The lowest BCUT2D eigenvalue weighted by molar-refractivity contribution is -0.140. The summed E-state index contributed by atoms with van der Waals surface area (Å²) in [6, 6.07) is 13.4. The minimum absolute atomic E-state index is 0.181. The second-order valence-corrected chi connectivity index (χ2v) is 10.6. The number of carbonyl (C=O) groups is 2. The van der Waals surface area contributed by atoms with Crippen LogP contribution >= 0.6 is 11.6 Å². The van der Waals surface area contributed by atoms with Gasteiger partial charge in [0, 0.05) is 13.1 Å². The number of para-hydroxylation sites is 1. The molecule has 0 bridgehead atoms. The average molecular weight is 508 g/mol. The first-order chi connectivity index (χ1) is 16.1. The molecule has 1 unspecified atom stereocenters. The Bertz CT molecular complexity index is 1090. The van der Waals surface area contributed by atoms with Crippen LogP contribution in [0.4, 0.5) is 5.69 Å². The first-order valence-electron chi connectivity index (χ1n) is 11.4. The number of nitrogens with one attached hydrogen (secondary N) is 1. The van der Waals surface area contributed by atoms with Gasteiger partial charge in [0.1, 0.15) is 12.6 Å². The van der Waals surface area contributed by atoms with E-state index in [0.717, 1.165) is 34.5 Å². The SMILES string of the molecule is CCCCNC(=O)C(CC)N(Cc1cccc(C)c1)C(=O)CN(c1ccccc1Cl)S(C)(=O)=O. The van der Waals surface area contributed by atoms with Crippen molar-refractivity contribution in [1.29, 1.82) is 0 Å². The molecule has 2 rings (SSSR count). The Balaban J connectivity index is 2.41. The smallest absolute Gasteiger partial charge is 0.244 e. The van der Waals surface area contributed by atoms with Gasteiger partial charge in [0.25, 0.3) is 0 Å². The highest BCUT2D eigenvalue weighted by molar-refractivity contribution is 7.92. The Labute approximate surface area is 208 Å². The van der Waals surface area contributed by atoms with E-state index in [1.165, 1.54) is 4.90 Å². The Hall–Kier alpha value is -2.58. The van der Waals surface area contributed by atoms with Gasteiger partial charge in [-0.05, 0) is 37.5 Å². The molecule has 0 heterocycles. The standard InChI is InChI=1S/C25H34ClN3O4S/c1-5-7-15-27-25(31)22(6-2)28(17-20-12-10-11-19(3)16-20)24(30)18-29(34(4,32)33)23-14-9-8-13-21(23)26/h8-14,16,22H,5-7,15,17-18H2,1-4H3,(H,27,31). The fourth-order valence-electron chi connectivity index (χ4n) is 3.68. The van der Waals surface area contributed by atoms with Crippen molar-refractivity contribution in [2.45, 2.75) is 52.6 Å². The van der Waals surface area contributed by atoms with Gasteiger partial charge in [-0.2, -0.15) is 0 Å². The molecule has 2 amide bonds. The normalized spacial score (nSPS) is 12.1. The topological polar surface area (TPSA) is 86.8 Å². The highest BCUT2D eigenvalue weighted by Gasteiger charge is 2.32. The Morgan fingerprint density at radius 2 is 1.79 bits per heavy atom. The minimum Gasteiger partial charge on any atom is -0.354 e.